The Labute approximate surface area is 90.7 Å². The second-order valence-corrected chi connectivity index (χ2v) is 2.93. The van der Waals surface area contributed by atoms with E-state index in [4.69, 9.17) is 9.94 Å². The third-order valence-electron chi connectivity index (χ3n) is 1.78. The summed E-state index contributed by atoms with van der Waals surface area (Å²) in [5, 5.41) is 11.1. The molecule has 0 amide bonds. The number of ether oxygens (including phenoxy) is 1. The van der Waals surface area contributed by atoms with Crippen molar-refractivity contribution in [1.82, 2.24) is 0 Å². The molecule has 0 bridgehead atoms. The quantitative estimate of drug-likeness (QED) is 0.302. The normalized spacial score (nSPS) is 13.5. The fraction of sp³-hybridized carbons (Fsp3) is 0.455. The Kier molecular flexibility index (Phi) is 8.28. The van der Waals surface area contributed by atoms with Crippen molar-refractivity contribution in [1.29, 1.82) is 0 Å². The molecule has 4 nitrogen and oxygen atoms in total. The van der Waals surface area contributed by atoms with Crippen LogP contribution in [0.3, 0.4) is 0 Å². The highest BCUT2D eigenvalue weighted by atomic mass is 16.5. The molecule has 1 N–H and O–H groups in total. The summed E-state index contributed by atoms with van der Waals surface area (Å²) >= 11 is 0. The molecular weight excluding hydrogens is 192 g/mol. The third kappa shape index (κ3) is 6.62. The summed E-state index contributed by atoms with van der Waals surface area (Å²) in [5.41, 5.74) is 1.73. The molecule has 0 atom stereocenters. The van der Waals surface area contributed by atoms with Gasteiger partial charge < -0.3 is 9.94 Å². The van der Waals surface area contributed by atoms with Crippen molar-refractivity contribution in [2.45, 2.75) is 13.3 Å². The van der Waals surface area contributed by atoms with E-state index in [-0.39, 0.29) is 0 Å². The minimum Gasteiger partial charge on any atom is -0.411 e. The number of oxime groups is 1. The van der Waals surface area contributed by atoms with Crippen LogP contribution in [0.2, 0.25) is 0 Å². The van der Waals surface area contributed by atoms with Crippen molar-refractivity contribution in [3.8, 4) is 0 Å². The van der Waals surface area contributed by atoms with E-state index in [2.05, 4.69) is 16.7 Å². The van der Waals surface area contributed by atoms with Gasteiger partial charge in [0.05, 0.1) is 11.9 Å². The minimum absolute atomic E-state index is 0.703. The molecule has 84 valence electrons. The van der Waals surface area contributed by atoms with E-state index in [0.717, 1.165) is 17.7 Å². The molecule has 0 saturated carbocycles. The molecule has 0 heterocycles. The van der Waals surface area contributed by atoms with Crippen LogP contribution in [0.4, 0.5) is 0 Å². The second-order valence-electron chi connectivity index (χ2n) is 2.93. The van der Waals surface area contributed by atoms with Crippen LogP contribution < -0.4 is 0 Å². The minimum atomic E-state index is 0.703. The van der Waals surface area contributed by atoms with Crippen molar-refractivity contribution in [2.24, 2.45) is 10.1 Å². The van der Waals surface area contributed by atoms with Crippen LogP contribution in [0.25, 0.3) is 0 Å². The van der Waals surface area contributed by atoms with Gasteiger partial charge >= 0.3 is 0 Å². The van der Waals surface area contributed by atoms with Gasteiger partial charge in [-0.15, -0.1) is 0 Å². The number of nitrogens with zero attached hydrogens (tertiary/aromatic N) is 2. The monoisotopic (exact) mass is 210 g/mol. The zero-order chi connectivity index (χ0) is 11.5. The van der Waals surface area contributed by atoms with Gasteiger partial charge in [0, 0.05) is 20.3 Å². The predicted molar refractivity (Wildman–Crippen MR) is 63.0 cm³/mol. The van der Waals surface area contributed by atoms with Gasteiger partial charge in [-0.25, -0.2) is 0 Å². The van der Waals surface area contributed by atoms with Crippen molar-refractivity contribution in [3.05, 3.63) is 24.3 Å². The van der Waals surface area contributed by atoms with Crippen molar-refractivity contribution in [2.75, 3.05) is 20.3 Å². The Morgan fingerprint density at radius 2 is 2.27 bits per heavy atom. The fourth-order valence-corrected chi connectivity index (χ4v) is 0.989. The highest BCUT2D eigenvalue weighted by Crippen LogP contribution is 1.98. The van der Waals surface area contributed by atoms with Gasteiger partial charge in [0.1, 0.15) is 0 Å². The van der Waals surface area contributed by atoms with E-state index >= 15 is 0 Å². The first-order valence-electron chi connectivity index (χ1n) is 4.76. The zero-order valence-corrected chi connectivity index (χ0v) is 9.31. The van der Waals surface area contributed by atoms with Crippen molar-refractivity contribution >= 4 is 11.9 Å². The molecule has 0 aliphatic carbocycles. The molecule has 0 saturated heterocycles. The Hall–Kier alpha value is -1.42. The largest absolute Gasteiger partial charge is 0.411 e. The molecule has 0 fully saturated rings. The average molecular weight is 210 g/mol. The molecule has 0 aromatic heterocycles. The second kappa shape index (κ2) is 9.15. The molecule has 0 rings (SSSR count). The molecule has 15 heavy (non-hydrogen) atoms. The van der Waals surface area contributed by atoms with Gasteiger partial charge in [0.2, 0.25) is 0 Å². The number of hydrogen-bond donors (Lipinski definition) is 1. The van der Waals surface area contributed by atoms with Gasteiger partial charge in [-0.1, -0.05) is 11.7 Å². The van der Waals surface area contributed by atoms with Crippen LogP contribution in [-0.4, -0.2) is 37.4 Å². The highest BCUT2D eigenvalue weighted by molar-refractivity contribution is 6.09. The highest BCUT2D eigenvalue weighted by Gasteiger charge is 1.95. The maximum Gasteiger partial charge on any atom is 0.0664 e. The molecule has 0 unspecified atom stereocenters. The molecular formula is C11H18N2O2. The number of aliphatic imine (C=N–C) groups is 1. The lowest BCUT2D eigenvalue weighted by Gasteiger charge is -2.00. The summed E-state index contributed by atoms with van der Waals surface area (Å²) in [6.07, 6.45) is 5.55. The number of allylic oxidation sites excluding steroid dienone is 3. The van der Waals surface area contributed by atoms with Crippen molar-refractivity contribution in [3.63, 3.8) is 0 Å². The first-order chi connectivity index (χ1) is 7.26. The zero-order valence-electron chi connectivity index (χ0n) is 9.31. The standard InChI is InChI=1S/C11H18N2O2/c1-4-11(10(2)6-8-13-14)12-7-5-9-15-3/h4,6,8,14H,1,5,7,9H2,2-3H3. The average Bonchev–Trinajstić information content (AvgIpc) is 2.26. The topological polar surface area (TPSA) is 54.2 Å². The smallest absolute Gasteiger partial charge is 0.0664 e. The summed E-state index contributed by atoms with van der Waals surface area (Å²) in [7, 11) is 1.67. The third-order valence-corrected chi connectivity index (χ3v) is 1.78. The first-order valence-corrected chi connectivity index (χ1v) is 4.76. The first kappa shape index (κ1) is 13.6. The van der Waals surface area contributed by atoms with Crippen LogP contribution in [-0.2, 0) is 4.74 Å². The summed E-state index contributed by atoms with van der Waals surface area (Å²) in [5.74, 6) is 0. The van der Waals surface area contributed by atoms with Crippen molar-refractivity contribution < 1.29 is 9.94 Å². The van der Waals surface area contributed by atoms with Crippen LogP contribution in [0.15, 0.2) is 34.5 Å². The van der Waals surface area contributed by atoms with Gasteiger partial charge in [0.15, 0.2) is 0 Å². The summed E-state index contributed by atoms with van der Waals surface area (Å²) in [4.78, 5) is 4.34. The maximum atomic E-state index is 8.26. The molecule has 0 aromatic rings. The fourth-order valence-electron chi connectivity index (χ4n) is 0.989. The van der Waals surface area contributed by atoms with E-state index in [1.54, 1.807) is 19.3 Å². The lowest BCUT2D eigenvalue weighted by molar-refractivity contribution is 0.197. The van der Waals surface area contributed by atoms with Gasteiger partial charge in [-0.2, -0.15) is 0 Å². The van der Waals surface area contributed by atoms with Gasteiger partial charge in [-0.3, -0.25) is 4.99 Å². The van der Waals surface area contributed by atoms with E-state index in [1.807, 2.05) is 6.92 Å². The van der Waals surface area contributed by atoms with Crippen LogP contribution >= 0.6 is 0 Å². The summed E-state index contributed by atoms with van der Waals surface area (Å²) in [6, 6.07) is 0. The Bertz CT molecular complexity index is 268. The molecule has 0 aliphatic rings. The molecule has 4 heteroatoms. The summed E-state index contributed by atoms with van der Waals surface area (Å²) in [6.45, 7) is 6.97. The van der Waals surface area contributed by atoms with Crippen LogP contribution in [0, 0.1) is 0 Å². The SMILES string of the molecule is C=CC(=NCCCOC)C(C)=CC=NO. The van der Waals surface area contributed by atoms with E-state index in [1.165, 1.54) is 6.21 Å². The van der Waals surface area contributed by atoms with E-state index in [9.17, 15) is 0 Å². The lowest BCUT2D eigenvalue weighted by atomic mass is 10.1. The van der Waals surface area contributed by atoms with Crippen LogP contribution in [0.1, 0.15) is 13.3 Å². The Balaban J connectivity index is 4.27. The lowest BCUT2D eigenvalue weighted by Crippen LogP contribution is -1.99. The number of hydrogen-bond acceptors (Lipinski definition) is 4. The molecule has 0 radical (unpaired) electrons. The Morgan fingerprint density at radius 1 is 1.53 bits per heavy atom. The molecule has 0 aliphatic heterocycles. The Morgan fingerprint density at radius 3 is 2.80 bits per heavy atom. The van der Waals surface area contributed by atoms with E-state index in [0.29, 0.717) is 13.2 Å². The summed E-state index contributed by atoms with van der Waals surface area (Å²) < 4.78 is 4.92. The van der Waals surface area contributed by atoms with Crippen LogP contribution in [0.5, 0.6) is 0 Å². The molecule has 0 aromatic carbocycles. The number of rotatable bonds is 7. The number of methoxy groups -OCH3 is 1. The molecule has 0 spiro atoms. The van der Waals surface area contributed by atoms with Gasteiger partial charge in [-0.05, 0) is 31.1 Å². The maximum absolute atomic E-state index is 8.26. The van der Waals surface area contributed by atoms with Gasteiger partial charge in [0.25, 0.3) is 0 Å². The predicted octanol–water partition coefficient (Wildman–Crippen LogP) is 2.06. The van der Waals surface area contributed by atoms with E-state index < -0.39 is 0 Å².